The molecule has 1 fully saturated rings. The summed E-state index contributed by atoms with van der Waals surface area (Å²) < 4.78 is 0. The molecule has 4 heteroatoms. The summed E-state index contributed by atoms with van der Waals surface area (Å²) >= 11 is 0. The molecule has 1 aromatic heterocycles. The van der Waals surface area contributed by atoms with Gasteiger partial charge in [0.25, 0.3) is 0 Å². The van der Waals surface area contributed by atoms with Crippen molar-refractivity contribution < 1.29 is 4.79 Å². The van der Waals surface area contributed by atoms with E-state index < -0.39 is 0 Å². The average molecular weight is 241 g/mol. The first-order valence-electron chi connectivity index (χ1n) is 6.24. The third kappa shape index (κ3) is 1.66. The predicted octanol–water partition coefficient (Wildman–Crippen LogP) is 3.01. The van der Waals surface area contributed by atoms with Gasteiger partial charge in [-0.3, -0.25) is 0 Å². The molecule has 0 spiro atoms. The van der Waals surface area contributed by atoms with Crippen LogP contribution in [-0.2, 0) is 10.3 Å². The number of aliphatic imine (C=N–C) groups is 1. The number of aromatic nitrogens is 2. The standard InChI is InChI=1S/C14H15N3O/c1-9(2)13-16-11-4-3-10(7-12(11)17-13)14(5-6-14)15-8-18/h3-4,7,9H,5-6H2,1-2H3,(H,16,17). The van der Waals surface area contributed by atoms with E-state index in [0.717, 1.165) is 35.3 Å². The molecule has 3 rings (SSSR count). The lowest BCUT2D eigenvalue weighted by Crippen LogP contribution is -2.01. The van der Waals surface area contributed by atoms with Gasteiger partial charge < -0.3 is 4.98 Å². The second kappa shape index (κ2) is 3.79. The topological polar surface area (TPSA) is 58.1 Å². The molecule has 0 amide bonds. The number of hydrogen-bond donors (Lipinski definition) is 1. The highest BCUT2D eigenvalue weighted by Crippen LogP contribution is 2.49. The summed E-state index contributed by atoms with van der Waals surface area (Å²) in [6.45, 7) is 4.22. The fraction of sp³-hybridized carbons (Fsp3) is 0.429. The summed E-state index contributed by atoms with van der Waals surface area (Å²) in [7, 11) is 0. The minimum absolute atomic E-state index is 0.307. The zero-order chi connectivity index (χ0) is 12.8. The highest BCUT2D eigenvalue weighted by atomic mass is 16.1. The molecule has 1 aliphatic carbocycles. The van der Waals surface area contributed by atoms with Crippen LogP contribution in [0.15, 0.2) is 23.2 Å². The first-order valence-corrected chi connectivity index (χ1v) is 6.24. The molecule has 1 aliphatic rings. The van der Waals surface area contributed by atoms with Crippen LogP contribution in [-0.4, -0.2) is 16.0 Å². The van der Waals surface area contributed by atoms with E-state index in [1.165, 1.54) is 0 Å². The zero-order valence-corrected chi connectivity index (χ0v) is 10.5. The number of isocyanates is 1. The number of nitrogens with zero attached hydrogens (tertiary/aromatic N) is 2. The van der Waals surface area contributed by atoms with Crippen molar-refractivity contribution in [2.45, 2.75) is 38.1 Å². The third-order valence-electron chi connectivity index (χ3n) is 3.57. The Hall–Kier alpha value is -1.93. The van der Waals surface area contributed by atoms with Crippen LogP contribution in [0.25, 0.3) is 11.0 Å². The highest BCUT2D eigenvalue weighted by molar-refractivity contribution is 5.76. The lowest BCUT2D eigenvalue weighted by molar-refractivity contribution is 0.556. The van der Waals surface area contributed by atoms with E-state index in [4.69, 9.17) is 0 Å². The average Bonchev–Trinajstić information content (AvgIpc) is 3.00. The maximum absolute atomic E-state index is 10.5. The third-order valence-corrected chi connectivity index (χ3v) is 3.57. The number of aromatic amines is 1. The molecule has 1 aromatic carbocycles. The Morgan fingerprint density at radius 1 is 1.44 bits per heavy atom. The lowest BCUT2D eigenvalue weighted by atomic mass is 10.1. The van der Waals surface area contributed by atoms with Gasteiger partial charge >= 0.3 is 0 Å². The number of fused-ring (bicyclic) bond motifs is 1. The smallest absolute Gasteiger partial charge is 0.235 e. The van der Waals surface area contributed by atoms with E-state index in [1.807, 2.05) is 12.1 Å². The highest BCUT2D eigenvalue weighted by Gasteiger charge is 2.44. The molecule has 0 unspecified atom stereocenters. The van der Waals surface area contributed by atoms with Crippen LogP contribution in [0, 0.1) is 0 Å². The van der Waals surface area contributed by atoms with Gasteiger partial charge in [0.05, 0.1) is 16.6 Å². The minimum atomic E-state index is -0.307. The first-order chi connectivity index (χ1) is 8.64. The Morgan fingerprint density at radius 2 is 2.22 bits per heavy atom. The van der Waals surface area contributed by atoms with Gasteiger partial charge in [0.15, 0.2) is 0 Å². The summed E-state index contributed by atoms with van der Waals surface area (Å²) in [5.41, 5.74) is 2.76. The van der Waals surface area contributed by atoms with Crippen molar-refractivity contribution in [3.63, 3.8) is 0 Å². The fourth-order valence-corrected chi connectivity index (χ4v) is 2.26. The van der Waals surface area contributed by atoms with Crippen LogP contribution in [0.2, 0.25) is 0 Å². The van der Waals surface area contributed by atoms with Gasteiger partial charge in [-0.2, -0.15) is 4.99 Å². The maximum Gasteiger partial charge on any atom is 0.235 e. The van der Waals surface area contributed by atoms with Gasteiger partial charge in [-0.15, -0.1) is 0 Å². The summed E-state index contributed by atoms with van der Waals surface area (Å²) in [6, 6.07) is 6.07. The Morgan fingerprint density at radius 3 is 2.83 bits per heavy atom. The quantitative estimate of drug-likeness (QED) is 0.663. The number of hydrogen-bond acceptors (Lipinski definition) is 3. The van der Waals surface area contributed by atoms with Crippen LogP contribution < -0.4 is 0 Å². The van der Waals surface area contributed by atoms with E-state index in [0.29, 0.717) is 5.92 Å². The molecular weight excluding hydrogens is 226 g/mol. The van der Waals surface area contributed by atoms with E-state index >= 15 is 0 Å². The molecule has 1 N–H and O–H groups in total. The van der Waals surface area contributed by atoms with Crippen molar-refractivity contribution in [2.24, 2.45) is 4.99 Å². The number of carbonyl (C=O) groups excluding carboxylic acids is 1. The largest absolute Gasteiger partial charge is 0.342 e. The van der Waals surface area contributed by atoms with Gasteiger partial charge in [-0.25, -0.2) is 9.78 Å². The minimum Gasteiger partial charge on any atom is -0.342 e. The van der Waals surface area contributed by atoms with Crippen molar-refractivity contribution in [3.05, 3.63) is 29.6 Å². The number of H-pyrrole nitrogens is 1. The maximum atomic E-state index is 10.5. The van der Waals surface area contributed by atoms with Gasteiger partial charge in [0, 0.05) is 5.92 Å². The number of benzene rings is 1. The molecule has 0 atom stereocenters. The molecule has 0 bridgehead atoms. The van der Waals surface area contributed by atoms with E-state index in [2.05, 4.69) is 34.9 Å². The molecule has 1 saturated carbocycles. The Kier molecular flexibility index (Phi) is 2.35. The van der Waals surface area contributed by atoms with Gasteiger partial charge in [-0.05, 0) is 30.5 Å². The molecule has 2 aromatic rings. The Labute approximate surface area is 105 Å². The summed E-state index contributed by atoms with van der Waals surface area (Å²) in [6.07, 6.45) is 3.55. The first kappa shape index (κ1) is 11.2. The summed E-state index contributed by atoms with van der Waals surface area (Å²) in [5.74, 6) is 1.37. The van der Waals surface area contributed by atoms with E-state index in [9.17, 15) is 4.79 Å². The molecule has 0 radical (unpaired) electrons. The number of rotatable bonds is 3. The predicted molar refractivity (Wildman–Crippen MR) is 69.2 cm³/mol. The Balaban J connectivity index is 2.08. The SMILES string of the molecule is CC(C)c1nc2ccc(C3(N=C=O)CC3)cc2[nH]1. The van der Waals surface area contributed by atoms with Gasteiger partial charge in [-0.1, -0.05) is 19.9 Å². The van der Waals surface area contributed by atoms with Crippen molar-refractivity contribution in [1.82, 2.24) is 9.97 Å². The second-order valence-corrected chi connectivity index (χ2v) is 5.24. The zero-order valence-electron chi connectivity index (χ0n) is 10.5. The molecular formula is C14H15N3O. The van der Waals surface area contributed by atoms with Crippen LogP contribution in [0.3, 0.4) is 0 Å². The number of nitrogens with one attached hydrogen (secondary N) is 1. The molecule has 1 heterocycles. The summed E-state index contributed by atoms with van der Waals surface area (Å²) in [4.78, 5) is 22.3. The van der Waals surface area contributed by atoms with E-state index in [-0.39, 0.29) is 5.54 Å². The second-order valence-electron chi connectivity index (χ2n) is 5.24. The molecule has 0 saturated heterocycles. The molecule has 92 valence electrons. The van der Waals surface area contributed by atoms with Crippen molar-refractivity contribution >= 4 is 17.1 Å². The molecule has 0 aliphatic heterocycles. The molecule has 18 heavy (non-hydrogen) atoms. The monoisotopic (exact) mass is 241 g/mol. The van der Waals surface area contributed by atoms with Crippen LogP contribution in [0.4, 0.5) is 0 Å². The van der Waals surface area contributed by atoms with Crippen molar-refractivity contribution in [3.8, 4) is 0 Å². The van der Waals surface area contributed by atoms with E-state index in [1.54, 1.807) is 6.08 Å². The van der Waals surface area contributed by atoms with Crippen molar-refractivity contribution in [1.29, 1.82) is 0 Å². The van der Waals surface area contributed by atoms with Crippen molar-refractivity contribution in [2.75, 3.05) is 0 Å². The molecule has 4 nitrogen and oxygen atoms in total. The van der Waals surface area contributed by atoms with Gasteiger partial charge in [0.2, 0.25) is 6.08 Å². The van der Waals surface area contributed by atoms with Gasteiger partial charge in [0.1, 0.15) is 5.82 Å². The fourth-order valence-electron chi connectivity index (χ4n) is 2.26. The van der Waals surface area contributed by atoms with Crippen LogP contribution in [0.1, 0.15) is 44.0 Å². The van der Waals surface area contributed by atoms with Crippen LogP contribution >= 0.6 is 0 Å². The lowest BCUT2D eigenvalue weighted by Gasteiger charge is -2.07. The normalized spacial score (nSPS) is 16.8. The number of imidazole rings is 1. The summed E-state index contributed by atoms with van der Waals surface area (Å²) in [5, 5.41) is 0. The van der Waals surface area contributed by atoms with Crippen LogP contribution in [0.5, 0.6) is 0 Å². The Bertz CT molecular complexity index is 646.